The quantitative estimate of drug-likeness (QED) is 0.176. The Hall–Kier alpha value is -1.38. The van der Waals surface area contributed by atoms with Crippen LogP contribution in [0.15, 0.2) is 29.2 Å². The molecular formula is C23H34Cl2FNO5S. The first kappa shape index (κ1) is 29.7. The SMILES string of the molecule is CCCCCCCCCCC(=O)O[C@H](c1ccc(S(C)(=O)=O)cc1)C(CF)NC(=O)C(Cl)Cl. The zero-order valence-electron chi connectivity index (χ0n) is 19.2. The Morgan fingerprint density at radius 3 is 2.03 bits per heavy atom. The first-order valence-corrected chi connectivity index (χ1v) is 14.0. The molecule has 0 aliphatic heterocycles. The van der Waals surface area contributed by atoms with E-state index in [9.17, 15) is 22.4 Å². The maximum absolute atomic E-state index is 13.8. The Morgan fingerprint density at radius 1 is 1.00 bits per heavy atom. The number of sulfone groups is 1. The number of rotatable bonds is 16. The number of unbranched alkanes of at least 4 members (excludes halogenated alkanes) is 7. The molecule has 0 aromatic heterocycles. The molecule has 6 nitrogen and oxygen atoms in total. The van der Waals surface area contributed by atoms with Crippen LogP contribution in [0, 0.1) is 0 Å². The van der Waals surface area contributed by atoms with E-state index < -0.39 is 45.4 Å². The van der Waals surface area contributed by atoms with Crippen LogP contribution in [0.1, 0.15) is 76.4 Å². The van der Waals surface area contributed by atoms with Crippen LogP contribution < -0.4 is 5.32 Å². The van der Waals surface area contributed by atoms with Crippen LogP contribution in [-0.4, -0.2) is 44.1 Å². The molecule has 0 fully saturated rings. The van der Waals surface area contributed by atoms with Gasteiger partial charge in [-0.05, 0) is 24.1 Å². The topological polar surface area (TPSA) is 89.5 Å². The van der Waals surface area contributed by atoms with Crippen LogP contribution in [0.5, 0.6) is 0 Å². The molecule has 188 valence electrons. The first-order chi connectivity index (χ1) is 15.6. The lowest BCUT2D eigenvalue weighted by atomic mass is 10.0. The summed E-state index contributed by atoms with van der Waals surface area (Å²) in [6.45, 7) is 1.12. The summed E-state index contributed by atoms with van der Waals surface area (Å²) >= 11 is 11.1. The predicted molar refractivity (Wildman–Crippen MR) is 129 cm³/mol. The van der Waals surface area contributed by atoms with Gasteiger partial charge in [-0.15, -0.1) is 0 Å². The average Bonchev–Trinajstić information content (AvgIpc) is 2.77. The molecule has 1 rings (SSSR count). The Balaban J connectivity index is 2.81. The Morgan fingerprint density at radius 2 is 1.55 bits per heavy atom. The summed E-state index contributed by atoms with van der Waals surface area (Å²) in [6, 6.07) is 4.31. The number of esters is 1. The molecule has 10 heteroatoms. The number of alkyl halides is 3. The van der Waals surface area contributed by atoms with Gasteiger partial charge in [0.05, 0.1) is 10.9 Å². The summed E-state index contributed by atoms with van der Waals surface area (Å²) in [5, 5.41) is 2.34. The summed E-state index contributed by atoms with van der Waals surface area (Å²) in [6.07, 6.45) is 8.58. The summed E-state index contributed by atoms with van der Waals surface area (Å²) in [4.78, 5) is 23.0. The standard InChI is InChI=1S/C23H34Cl2FNO5S/c1-3-4-5-6-7-8-9-10-11-20(28)32-21(19(16-26)27-23(29)22(24)25)17-12-14-18(15-13-17)33(2,30)31/h12-15,19,21-22H,3-11,16H2,1-2H3,(H,27,29)/t19?,21-/m1/s1. The third kappa shape index (κ3) is 11.5. The number of carbonyl (C=O) groups is 2. The van der Waals surface area contributed by atoms with Crippen molar-refractivity contribution in [2.45, 2.75) is 86.6 Å². The van der Waals surface area contributed by atoms with Gasteiger partial charge in [0.25, 0.3) is 5.91 Å². The lowest BCUT2D eigenvalue weighted by molar-refractivity contribution is -0.152. The molecule has 2 atom stereocenters. The molecule has 0 saturated heterocycles. The number of hydrogen-bond acceptors (Lipinski definition) is 5. The molecule has 1 N–H and O–H groups in total. The van der Waals surface area contributed by atoms with Crippen molar-refractivity contribution in [1.29, 1.82) is 0 Å². The number of carbonyl (C=O) groups excluding carboxylic acids is 2. The number of amides is 1. The van der Waals surface area contributed by atoms with Crippen LogP contribution in [0.3, 0.4) is 0 Å². The summed E-state index contributed by atoms with van der Waals surface area (Å²) in [7, 11) is -3.44. The van der Waals surface area contributed by atoms with Crippen molar-refractivity contribution in [2.24, 2.45) is 0 Å². The second-order valence-corrected chi connectivity index (χ2v) is 11.2. The monoisotopic (exact) mass is 525 g/mol. The van der Waals surface area contributed by atoms with Crippen LogP contribution in [0.2, 0.25) is 0 Å². The van der Waals surface area contributed by atoms with Crippen LogP contribution in [0.4, 0.5) is 4.39 Å². The molecule has 0 bridgehead atoms. The van der Waals surface area contributed by atoms with E-state index in [0.29, 0.717) is 12.0 Å². The third-order valence-electron chi connectivity index (χ3n) is 5.19. The molecule has 0 heterocycles. The van der Waals surface area contributed by atoms with E-state index in [1.54, 1.807) is 0 Å². The minimum atomic E-state index is -3.44. The highest BCUT2D eigenvalue weighted by Crippen LogP contribution is 2.25. The lowest BCUT2D eigenvalue weighted by Crippen LogP contribution is -2.44. The highest BCUT2D eigenvalue weighted by atomic mass is 35.5. The van der Waals surface area contributed by atoms with Crippen molar-refractivity contribution in [3.8, 4) is 0 Å². The first-order valence-electron chi connectivity index (χ1n) is 11.2. The van der Waals surface area contributed by atoms with Crippen LogP contribution in [-0.2, 0) is 24.2 Å². The largest absolute Gasteiger partial charge is 0.455 e. The van der Waals surface area contributed by atoms with E-state index in [-0.39, 0.29) is 11.3 Å². The molecule has 33 heavy (non-hydrogen) atoms. The minimum absolute atomic E-state index is 0.0673. The number of ether oxygens (including phenoxy) is 1. The maximum atomic E-state index is 13.8. The zero-order valence-corrected chi connectivity index (χ0v) is 21.5. The van der Waals surface area contributed by atoms with Crippen LogP contribution in [0.25, 0.3) is 0 Å². The Labute approximate surface area is 206 Å². The van der Waals surface area contributed by atoms with Gasteiger partial charge < -0.3 is 10.1 Å². The normalized spacial score (nSPS) is 13.5. The van der Waals surface area contributed by atoms with Gasteiger partial charge in [-0.3, -0.25) is 9.59 Å². The third-order valence-corrected chi connectivity index (χ3v) is 6.71. The fourth-order valence-electron chi connectivity index (χ4n) is 3.33. The summed E-state index contributed by atoms with van der Waals surface area (Å²) in [5.74, 6) is -1.35. The van der Waals surface area contributed by atoms with Crippen molar-refractivity contribution in [3.05, 3.63) is 29.8 Å². The highest BCUT2D eigenvalue weighted by molar-refractivity contribution is 7.90. The molecule has 0 aliphatic carbocycles. The van der Waals surface area contributed by atoms with Crippen molar-refractivity contribution in [3.63, 3.8) is 0 Å². The van der Waals surface area contributed by atoms with Gasteiger partial charge in [-0.25, -0.2) is 12.8 Å². The van der Waals surface area contributed by atoms with Gasteiger partial charge in [-0.2, -0.15) is 0 Å². The molecule has 0 aliphatic rings. The Kier molecular flexibility index (Phi) is 13.9. The van der Waals surface area contributed by atoms with Crippen molar-refractivity contribution in [1.82, 2.24) is 5.32 Å². The highest BCUT2D eigenvalue weighted by Gasteiger charge is 2.30. The summed E-state index contributed by atoms with van der Waals surface area (Å²) < 4.78 is 42.8. The number of halogens is 3. The van der Waals surface area contributed by atoms with E-state index in [1.165, 1.54) is 49.9 Å². The second-order valence-electron chi connectivity index (χ2n) is 8.05. The second kappa shape index (κ2) is 15.5. The van der Waals surface area contributed by atoms with E-state index in [4.69, 9.17) is 27.9 Å². The van der Waals surface area contributed by atoms with Gasteiger partial charge in [0.1, 0.15) is 12.8 Å². The predicted octanol–water partition coefficient (Wildman–Crippen LogP) is 5.46. The zero-order chi connectivity index (χ0) is 24.9. The number of nitrogens with one attached hydrogen (secondary N) is 1. The van der Waals surface area contributed by atoms with Crippen molar-refractivity contribution >= 4 is 44.9 Å². The van der Waals surface area contributed by atoms with Gasteiger partial charge in [0.15, 0.2) is 14.7 Å². The van der Waals surface area contributed by atoms with Gasteiger partial charge in [-0.1, -0.05) is 87.2 Å². The fourth-order valence-corrected chi connectivity index (χ4v) is 4.09. The molecule has 1 amide bonds. The fraction of sp³-hybridized carbons (Fsp3) is 0.652. The Bertz CT molecular complexity index is 834. The molecule has 0 saturated carbocycles. The van der Waals surface area contributed by atoms with E-state index in [0.717, 1.165) is 25.5 Å². The molecule has 1 unspecified atom stereocenters. The summed E-state index contributed by atoms with van der Waals surface area (Å²) in [5.41, 5.74) is 0.343. The van der Waals surface area contributed by atoms with Gasteiger partial charge >= 0.3 is 5.97 Å². The van der Waals surface area contributed by atoms with E-state index in [1.807, 2.05) is 0 Å². The molecule has 0 spiro atoms. The molecule has 1 aromatic rings. The van der Waals surface area contributed by atoms with Crippen molar-refractivity contribution < 1.29 is 27.1 Å². The minimum Gasteiger partial charge on any atom is -0.455 e. The molecular weight excluding hydrogens is 492 g/mol. The number of hydrogen-bond donors (Lipinski definition) is 1. The molecule has 1 aromatic carbocycles. The smallest absolute Gasteiger partial charge is 0.306 e. The van der Waals surface area contributed by atoms with Gasteiger partial charge in [0, 0.05) is 12.7 Å². The number of benzene rings is 1. The van der Waals surface area contributed by atoms with E-state index >= 15 is 0 Å². The average molecular weight is 526 g/mol. The van der Waals surface area contributed by atoms with Crippen LogP contribution >= 0.6 is 23.2 Å². The lowest BCUT2D eigenvalue weighted by Gasteiger charge is -2.27. The van der Waals surface area contributed by atoms with Crippen molar-refractivity contribution in [2.75, 3.05) is 12.9 Å². The van der Waals surface area contributed by atoms with E-state index in [2.05, 4.69) is 12.2 Å². The maximum Gasteiger partial charge on any atom is 0.306 e. The van der Waals surface area contributed by atoms with Gasteiger partial charge in [0.2, 0.25) is 0 Å². The molecule has 0 radical (unpaired) electrons.